The van der Waals surface area contributed by atoms with E-state index < -0.39 is 0 Å². The SMILES string of the molecule is CC(C)n1nccc1NC(=O)[C@H](C)Sc1ccc2ccccc2n1. The van der Waals surface area contributed by atoms with Crippen molar-refractivity contribution in [2.75, 3.05) is 5.32 Å². The Morgan fingerprint density at radius 3 is 2.71 bits per heavy atom. The zero-order valence-electron chi connectivity index (χ0n) is 13.9. The molecule has 0 spiro atoms. The summed E-state index contributed by atoms with van der Waals surface area (Å²) in [5, 5.41) is 8.85. The average Bonchev–Trinajstić information content (AvgIpc) is 3.03. The number of para-hydroxylation sites is 1. The molecule has 3 rings (SSSR count). The van der Waals surface area contributed by atoms with Crippen molar-refractivity contribution in [3.05, 3.63) is 48.7 Å². The molecule has 0 aliphatic rings. The second kappa shape index (κ2) is 7.05. The molecule has 0 aliphatic carbocycles. The van der Waals surface area contributed by atoms with Crippen molar-refractivity contribution < 1.29 is 4.79 Å². The molecule has 0 radical (unpaired) electrons. The van der Waals surface area contributed by atoms with E-state index in [9.17, 15) is 4.79 Å². The molecule has 1 N–H and O–H groups in total. The molecule has 0 bridgehead atoms. The Labute approximate surface area is 145 Å². The van der Waals surface area contributed by atoms with Crippen LogP contribution in [0.2, 0.25) is 0 Å². The zero-order valence-corrected chi connectivity index (χ0v) is 14.7. The van der Waals surface area contributed by atoms with Crippen molar-refractivity contribution in [2.24, 2.45) is 0 Å². The van der Waals surface area contributed by atoms with Crippen LogP contribution in [0.15, 0.2) is 53.7 Å². The number of hydrogen-bond acceptors (Lipinski definition) is 4. The van der Waals surface area contributed by atoms with Crippen LogP contribution in [0.25, 0.3) is 10.9 Å². The molecule has 0 aliphatic heterocycles. The van der Waals surface area contributed by atoms with Gasteiger partial charge in [0, 0.05) is 17.5 Å². The van der Waals surface area contributed by atoms with Crippen molar-refractivity contribution in [3.8, 4) is 0 Å². The summed E-state index contributed by atoms with van der Waals surface area (Å²) in [7, 11) is 0. The van der Waals surface area contributed by atoms with Gasteiger partial charge in [-0.05, 0) is 32.9 Å². The molecule has 1 atom stereocenters. The van der Waals surface area contributed by atoms with E-state index in [4.69, 9.17) is 0 Å². The summed E-state index contributed by atoms with van der Waals surface area (Å²) in [6.07, 6.45) is 1.69. The van der Waals surface area contributed by atoms with Crippen molar-refractivity contribution in [1.82, 2.24) is 14.8 Å². The van der Waals surface area contributed by atoms with Gasteiger partial charge in [0.05, 0.1) is 22.0 Å². The first kappa shape index (κ1) is 16.5. The molecule has 24 heavy (non-hydrogen) atoms. The molecule has 0 unspecified atom stereocenters. The van der Waals surface area contributed by atoms with Gasteiger partial charge in [-0.3, -0.25) is 4.79 Å². The lowest BCUT2D eigenvalue weighted by atomic mass is 10.2. The first-order chi connectivity index (χ1) is 11.5. The monoisotopic (exact) mass is 340 g/mol. The molecule has 0 saturated heterocycles. The number of carbonyl (C=O) groups is 1. The Morgan fingerprint density at radius 1 is 1.12 bits per heavy atom. The van der Waals surface area contributed by atoms with Crippen LogP contribution in [-0.4, -0.2) is 25.9 Å². The molecule has 2 aromatic heterocycles. The van der Waals surface area contributed by atoms with Crippen LogP contribution >= 0.6 is 11.8 Å². The summed E-state index contributed by atoms with van der Waals surface area (Å²) < 4.78 is 1.80. The number of nitrogens with zero attached hydrogens (tertiary/aromatic N) is 3. The summed E-state index contributed by atoms with van der Waals surface area (Å²) in [6, 6.07) is 13.9. The highest BCUT2D eigenvalue weighted by atomic mass is 32.2. The fourth-order valence-electron chi connectivity index (χ4n) is 2.40. The Morgan fingerprint density at radius 2 is 1.92 bits per heavy atom. The standard InChI is InChI=1S/C18H20N4OS/c1-12(2)22-16(10-11-19-22)21-18(23)13(3)24-17-9-8-14-6-4-5-7-15(14)20-17/h4-13H,1-3H3,(H,21,23)/t13-/m0/s1. The predicted octanol–water partition coefficient (Wildman–Crippen LogP) is 4.13. The van der Waals surface area contributed by atoms with Gasteiger partial charge in [0.15, 0.2) is 0 Å². The summed E-state index contributed by atoms with van der Waals surface area (Å²) in [5.41, 5.74) is 0.938. The smallest absolute Gasteiger partial charge is 0.238 e. The largest absolute Gasteiger partial charge is 0.310 e. The highest BCUT2D eigenvalue weighted by Crippen LogP contribution is 2.25. The van der Waals surface area contributed by atoms with Crippen LogP contribution in [-0.2, 0) is 4.79 Å². The Kier molecular flexibility index (Phi) is 4.85. The molecule has 124 valence electrons. The van der Waals surface area contributed by atoms with Crippen LogP contribution in [0.4, 0.5) is 5.82 Å². The van der Waals surface area contributed by atoms with Gasteiger partial charge in [0.2, 0.25) is 5.91 Å². The normalized spacial score (nSPS) is 12.5. The lowest BCUT2D eigenvalue weighted by Crippen LogP contribution is -2.24. The van der Waals surface area contributed by atoms with Gasteiger partial charge < -0.3 is 5.32 Å². The number of rotatable bonds is 5. The van der Waals surface area contributed by atoms with Crippen molar-refractivity contribution >= 4 is 34.4 Å². The Bertz CT molecular complexity index is 859. The van der Waals surface area contributed by atoms with E-state index in [1.165, 1.54) is 11.8 Å². The van der Waals surface area contributed by atoms with Crippen LogP contribution in [0.1, 0.15) is 26.8 Å². The zero-order chi connectivity index (χ0) is 17.1. The molecule has 5 nitrogen and oxygen atoms in total. The number of hydrogen-bond donors (Lipinski definition) is 1. The molecular formula is C18H20N4OS. The lowest BCUT2D eigenvalue weighted by Gasteiger charge is -2.14. The molecule has 6 heteroatoms. The Hall–Kier alpha value is -2.34. The third-order valence-electron chi connectivity index (χ3n) is 3.65. The third-order valence-corrected chi connectivity index (χ3v) is 4.69. The van der Waals surface area contributed by atoms with E-state index in [0.717, 1.165) is 15.9 Å². The first-order valence-corrected chi connectivity index (χ1v) is 8.79. The fraction of sp³-hybridized carbons (Fsp3) is 0.278. The molecule has 0 fully saturated rings. The minimum atomic E-state index is -0.255. The molecule has 2 heterocycles. The third kappa shape index (κ3) is 3.59. The van der Waals surface area contributed by atoms with E-state index in [-0.39, 0.29) is 17.2 Å². The van der Waals surface area contributed by atoms with E-state index in [1.807, 2.05) is 63.2 Å². The van der Waals surface area contributed by atoms with Gasteiger partial charge in [-0.15, -0.1) is 0 Å². The van der Waals surface area contributed by atoms with Gasteiger partial charge in [-0.2, -0.15) is 5.10 Å². The van der Waals surface area contributed by atoms with Crippen LogP contribution in [0.5, 0.6) is 0 Å². The second-order valence-corrected chi connectivity index (χ2v) is 7.21. The predicted molar refractivity (Wildman–Crippen MR) is 98.3 cm³/mol. The lowest BCUT2D eigenvalue weighted by molar-refractivity contribution is -0.115. The highest BCUT2D eigenvalue weighted by Gasteiger charge is 2.17. The summed E-state index contributed by atoms with van der Waals surface area (Å²) in [4.78, 5) is 17.1. The van der Waals surface area contributed by atoms with Crippen molar-refractivity contribution in [3.63, 3.8) is 0 Å². The molecule has 0 saturated carbocycles. The Balaban J connectivity index is 1.70. The molecule has 1 aromatic carbocycles. The van der Waals surface area contributed by atoms with E-state index >= 15 is 0 Å². The van der Waals surface area contributed by atoms with Gasteiger partial charge in [0.25, 0.3) is 0 Å². The number of nitrogens with one attached hydrogen (secondary N) is 1. The van der Waals surface area contributed by atoms with Crippen LogP contribution in [0.3, 0.4) is 0 Å². The van der Waals surface area contributed by atoms with Gasteiger partial charge in [-0.1, -0.05) is 36.0 Å². The van der Waals surface area contributed by atoms with Gasteiger partial charge in [0.1, 0.15) is 5.82 Å². The molecule has 3 aromatic rings. The number of benzene rings is 1. The number of amides is 1. The summed E-state index contributed by atoms with van der Waals surface area (Å²) in [6.45, 7) is 5.94. The van der Waals surface area contributed by atoms with E-state index in [2.05, 4.69) is 15.4 Å². The number of fused-ring (bicyclic) bond motifs is 1. The number of thioether (sulfide) groups is 1. The molecule has 1 amide bonds. The quantitative estimate of drug-likeness (QED) is 0.709. The average molecular weight is 340 g/mol. The van der Waals surface area contributed by atoms with Crippen molar-refractivity contribution in [1.29, 1.82) is 0 Å². The van der Waals surface area contributed by atoms with E-state index in [1.54, 1.807) is 10.9 Å². The number of aromatic nitrogens is 3. The fourth-order valence-corrected chi connectivity index (χ4v) is 3.23. The summed E-state index contributed by atoms with van der Waals surface area (Å²) in [5.74, 6) is 0.659. The minimum Gasteiger partial charge on any atom is -0.310 e. The van der Waals surface area contributed by atoms with Gasteiger partial charge in [-0.25, -0.2) is 9.67 Å². The molecular weight excluding hydrogens is 320 g/mol. The summed E-state index contributed by atoms with van der Waals surface area (Å²) >= 11 is 1.45. The maximum Gasteiger partial charge on any atom is 0.238 e. The van der Waals surface area contributed by atoms with Crippen LogP contribution < -0.4 is 5.32 Å². The maximum atomic E-state index is 12.5. The first-order valence-electron chi connectivity index (χ1n) is 7.91. The maximum absolute atomic E-state index is 12.5. The highest BCUT2D eigenvalue weighted by molar-refractivity contribution is 8.00. The topological polar surface area (TPSA) is 59.8 Å². The second-order valence-electron chi connectivity index (χ2n) is 5.85. The minimum absolute atomic E-state index is 0.0580. The number of pyridine rings is 1. The number of carbonyl (C=O) groups excluding carboxylic acids is 1. The van der Waals surface area contributed by atoms with Crippen LogP contribution in [0, 0.1) is 0 Å². The van der Waals surface area contributed by atoms with E-state index in [0.29, 0.717) is 5.82 Å². The van der Waals surface area contributed by atoms with Gasteiger partial charge >= 0.3 is 0 Å². The number of anilines is 1. The van der Waals surface area contributed by atoms with Crippen molar-refractivity contribution in [2.45, 2.75) is 37.1 Å².